The zero-order valence-corrected chi connectivity index (χ0v) is 13.1. The third-order valence-electron chi connectivity index (χ3n) is 2.90. The molecule has 0 atom stereocenters. The van der Waals surface area contributed by atoms with Crippen LogP contribution < -0.4 is 0 Å². The Kier molecular flexibility index (Phi) is 4.35. The quantitative estimate of drug-likeness (QED) is 0.451. The van der Waals surface area contributed by atoms with Crippen LogP contribution in [-0.4, -0.2) is 6.29 Å². The van der Waals surface area contributed by atoms with E-state index >= 15 is 0 Å². The highest BCUT2D eigenvalue weighted by molar-refractivity contribution is 8.00. The van der Waals surface area contributed by atoms with Crippen molar-refractivity contribution in [1.82, 2.24) is 0 Å². The van der Waals surface area contributed by atoms with Gasteiger partial charge in [0.2, 0.25) is 0 Å². The molecule has 1 nitrogen and oxygen atoms in total. The molecule has 0 fully saturated rings. The van der Waals surface area contributed by atoms with Crippen molar-refractivity contribution in [3.63, 3.8) is 0 Å². The smallest absolute Gasteiger partial charge is 0.150 e. The van der Waals surface area contributed by atoms with Crippen LogP contribution in [0.2, 0.25) is 0 Å². The van der Waals surface area contributed by atoms with E-state index in [-0.39, 0.29) is 0 Å². The first kappa shape index (κ1) is 13.6. The fraction of sp³-hybridized carbons (Fsp3) is 0.0625. The van der Waals surface area contributed by atoms with Crippen LogP contribution in [0.5, 0.6) is 0 Å². The normalized spacial score (nSPS) is 10.6. The summed E-state index contributed by atoms with van der Waals surface area (Å²) < 4.78 is 1.31. The number of thioether (sulfide) groups is 1. The van der Waals surface area contributed by atoms with Gasteiger partial charge in [-0.25, -0.2) is 0 Å². The molecule has 0 N–H and O–H groups in total. The summed E-state index contributed by atoms with van der Waals surface area (Å²) in [6.45, 7) is 0. The maximum atomic E-state index is 10.8. The lowest BCUT2D eigenvalue weighted by atomic mass is 10.2. The van der Waals surface area contributed by atoms with Crippen LogP contribution in [0.1, 0.15) is 15.9 Å². The Hall–Kier alpha value is -1.36. The molecule has 0 aliphatic carbocycles. The molecule has 0 spiro atoms. The van der Waals surface area contributed by atoms with Gasteiger partial charge in [0.1, 0.15) is 6.29 Å². The lowest BCUT2D eigenvalue weighted by Gasteiger charge is -2.00. The predicted octanol–water partition coefficient (Wildman–Crippen LogP) is 5.58. The number of benzene rings is 1. The number of carbonyl (C=O) groups is 1. The Morgan fingerprint density at radius 2 is 2.05 bits per heavy atom. The van der Waals surface area contributed by atoms with E-state index < -0.39 is 0 Å². The van der Waals surface area contributed by atoms with Crippen molar-refractivity contribution in [2.24, 2.45) is 0 Å². The lowest BCUT2D eigenvalue weighted by Crippen LogP contribution is -1.83. The van der Waals surface area contributed by atoms with Crippen molar-refractivity contribution in [2.75, 3.05) is 0 Å². The molecule has 0 amide bonds. The number of thiophene rings is 2. The Bertz CT molecular complexity index is 698. The summed E-state index contributed by atoms with van der Waals surface area (Å²) in [5.41, 5.74) is 4.51. The first-order chi connectivity index (χ1) is 9.85. The highest BCUT2D eigenvalue weighted by Gasteiger charge is 2.04. The van der Waals surface area contributed by atoms with Crippen molar-refractivity contribution in [1.29, 1.82) is 0 Å². The van der Waals surface area contributed by atoms with E-state index in [9.17, 15) is 4.79 Å². The van der Waals surface area contributed by atoms with Crippen molar-refractivity contribution in [2.45, 2.75) is 9.96 Å². The van der Waals surface area contributed by atoms with Gasteiger partial charge in [-0.05, 0) is 51.0 Å². The molecule has 0 bridgehead atoms. The maximum absolute atomic E-state index is 10.8. The fourth-order valence-electron chi connectivity index (χ4n) is 1.88. The molecule has 3 aromatic rings. The molecule has 0 saturated carbocycles. The summed E-state index contributed by atoms with van der Waals surface area (Å²) in [6.07, 6.45) is 0.897. The van der Waals surface area contributed by atoms with Crippen LogP contribution in [-0.2, 0) is 5.75 Å². The van der Waals surface area contributed by atoms with Crippen molar-refractivity contribution in [3.8, 4) is 11.1 Å². The maximum Gasteiger partial charge on any atom is 0.150 e. The zero-order chi connectivity index (χ0) is 13.8. The number of aldehydes is 1. The van der Waals surface area contributed by atoms with Crippen molar-refractivity contribution < 1.29 is 4.79 Å². The van der Waals surface area contributed by atoms with E-state index in [0.717, 1.165) is 17.6 Å². The van der Waals surface area contributed by atoms with Gasteiger partial charge < -0.3 is 0 Å². The minimum absolute atomic E-state index is 0.744. The summed E-state index contributed by atoms with van der Waals surface area (Å²) in [7, 11) is 0. The topological polar surface area (TPSA) is 17.1 Å². The van der Waals surface area contributed by atoms with Gasteiger partial charge in [0.15, 0.2) is 0 Å². The number of hydrogen-bond donors (Lipinski definition) is 0. The molecule has 0 saturated heterocycles. The van der Waals surface area contributed by atoms with Crippen LogP contribution in [0.3, 0.4) is 0 Å². The van der Waals surface area contributed by atoms with Crippen LogP contribution in [0, 0.1) is 0 Å². The molecule has 0 unspecified atom stereocenters. The minimum Gasteiger partial charge on any atom is -0.298 e. The first-order valence-corrected chi connectivity index (χ1v) is 8.94. The minimum atomic E-state index is 0.744. The summed E-state index contributed by atoms with van der Waals surface area (Å²) in [5.74, 6) is 0.894. The number of rotatable bonds is 5. The summed E-state index contributed by atoms with van der Waals surface area (Å²) in [5, 5.41) is 6.47. The van der Waals surface area contributed by atoms with Gasteiger partial charge in [0.25, 0.3) is 0 Å². The molecule has 3 rings (SSSR count). The highest BCUT2D eigenvalue weighted by atomic mass is 32.2. The Balaban J connectivity index is 1.68. The molecule has 2 aromatic heterocycles. The first-order valence-electron chi connectivity index (χ1n) is 6.13. The second-order valence-corrected chi connectivity index (χ2v) is 7.28. The highest BCUT2D eigenvalue weighted by Crippen LogP contribution is 2.34. The largest absolute Gasteiger partial charge is 0.298 e. The van der Waals surface area contributed by atoms with Crippen molar-refractivity contribution in [3.05, 3.63) is 63.7 Å². The van der Waals surface area contributed by atoms with E-state index in [4.69, 9.17) is 0 Å². The van der Waals surface area contributed by atoms with E-state index in [2.05, 4.69) is 34.3 Å². The van der Waals surface area contributed by atoms with Gasteiger partial charge in [0, 0.05) is 11.3 Å². The van der Waals surface area contributed by atoms with E-state index in [1.165, 1.54) is 20.9 Å². The van der Waals surface area contributed by atoms with Gasteiger partial charge >= 0.3 is 0 Å². The van der Waals surface area contributed by atoms with E-state index in [0.29, 0.717) is 0 Å². The van der Waals surface area contributed by atoms with Gasteiger partial charge in [-0.15, -0.1) is 23.1 Å². The molecule has 0 aliphatic heterocycles. The molecule has 2 heterocycles. The zero-order valence-electron chi connectivity index (χ0n) is 10.6. The van der Waals surface area contributed by atoms with Crippen LogP contribution >= 0.6 is 34.4 Å². The fourth-order valence-corrected chi connectivity index (χ4v) is 4.48. The van der Waals surface area contributed by atoms with Crippen LogP contribution in [0.25, 0.3) is 11.1 Å². The molecule has 20 heavy (non-hydrogen) atoms. The number of carbonyl (C=O) groups excluding carboxylic acids is 1. The average Bonchev–Trinajstić information content (AvgIpc) is 3.16. The monoisotopic (exact) mass is 316 g/mol. The molecular formula is C16H12OS3. The summed E-state index contributed by atoms with van der Waals surface area (Å²) in [6, 6.07) is 12.2. The molecular weight excluding hydrogens is 304 g/mol. The lowest BCUT2D eigenvalue weighted by molar-refractivity contribution is 0.112. The predicted molar refractivity (Wildman–Crippen MR) is 89.0 cm³/mol. The van der Waals surface area contributed by atoms with Gasteiger partial charge in [-0.2, -0.15) is 11.3 Å². The van der Waals surface area contributed by atoms with Gasteiger partial charge in [0.05, 0.1) is 4.21 Å². The van der Waals surface area contributed by atoms with Crippen molar-refractivity contribution >= 4 is 40.7 Å². The summed E-state index contributed by atoms with van der Waals surface area (Å²) >= 11 is 5.31. The van der Waals surface area contributed by atoms with E-state index in [1.54, 1.807) is 22.7 Å². The number of hydrogen-bond acceptors (Lipinski definition) is 4. The SMILES string of the molecule is O=Cc1cccc(CSc2cc(-c3ccsc3)cs2)c1. The Morgan fingerprint density at radius 3 is 2.85 bits per heavy atom. The molecule has 0 radical (unpaired) electrons. The van der Waals surface area contributed by atoms with Crippen LogP contribution in [0.4, 0.5) is 0 Å². The third-order valence-corrected chi connectivity index (χ3v) is 5.83. The Labute approximate surface area is 130 Å². The standard InChI is InChI=1S/C16H12OS3/c17-8-12-2-1-3-13(6-12)9-19-16-7-15(11-20-16)14-4-5-18-10-14/h1-8,10-11H,9H2. The second kappa shape index (κ2) is 6.39. The Morgan fingerprint density at radius 1 is 1.10 bits per heavy atom. The van der Waals surface area contributed by atoms with E-state index in [1.807, 2.05) is 30.0 Å². The van der Waals surface area contributed by atoms with Gasteiger partial charge in [-0.3, -0.25) is 4.79 Å². The van der Waals surface area contributed by atoms with Crippen LogP contribution in [0.15, 0.2) is 56.7 Å². The molecule has 0 aliphatic rings. The molecule has 100 valence electrons. The second-order valence-electron chi connectivity index (χ2n) is 4.32. The molecule has 1 aromatic carbocycles. The average molecular weight is 316 g/mol. The summed E-state index contributed by atoms with van der Waals surface area (Å²) in [4.78, 5) is 10.8. The molecule has 4 heteroatoms. The third kappa shape index (κ3) is 3.20. The van der Waals surface area contributed by atoms with Gasteiger partial charge in [-0.1, -0.05) is 18.2 Å².